The van der Waals surface area contributed by atoms with Gasteiger partial charge in [-0.2, -0.15) is 0 Å². The van der Waals surface area contributed by atoms with Gasteiger partial charge in [0.15, 0.2) is 0 Å². The van der Waals surface area contributed by atoms with Crippen molar-refractivity contribution < 1.29 is 4.79 Å². The van der Waals surface area contributed by atoms with E-state index in [1.54, 1.807) is 18.3 Å². The van der Waals surface area contributed by atoms with Crippen LogP contribution in [0, 0.1) is 0 Å². The summed E-state index contributed by atoms with van der Waals surface area (Å²) in [6.45, 7) is 3.90. The second-order valence-electron chi connectivity index (χ2n) is 3.97. The SMILES string of the molecule is CN1CCN(c2cc(C(=O)Cl)ccn2)CC1. The average Bonchev–Trinajstić information content (AvgIpc) is 2.30. The minimum Gasteiger partial charge on any atom is -0.354 e. The van der Waals surface area contributed by atoms with E-state index in [9.17, 15) is 4.79 Å². The maximum absolute atomic E-state index is 11.0. The third kappa shape index (κ3) is 2.51. The van der Waals surface area contributed by atoms with Gasteiger partial charge in [0.05, 0.1) is 0 Å². The van der Waals surface area contributed by atoms with Crippen LogP contribution >= 0.6 is 11.6 Å². The number of aromatic nitrogens is 1. The van der Waals surface area contributed by atoms with E-state index in [0.717, 1.165) is 32.0 Å². The zero-order chi connectivity index (χ0) is 11.5. The molecule has 0 saturated carbocycles. The highest BCUT2D eigenvalue weighted by atomic mass is 35.5. The number of carbonyl (C=O) groups is 1. The lowest BCUT2D eigenvalue weighted by atomic mass is 10.2. The molecular formula is C11H14ClN3O. The third-order valence-corrected chi connectivity index (χ3v) is 3.02. The van der Waals surface area contributed by atoms with E-state index in [-0.39, 0.29) is 0 Å². The molecule has 0 spiro atoms. The Labute approximate surface area is 99.8 Å². The fourth-order valence-electron chi connectivity index (χ4n) is 1.75. The number of anilines is 1. The minimum absolute atomic E-state index is 0.433. The molecule has 2 rings (SSSR count). The van der Waals surface area contributed by atoms with Gasteiger partial charge in [-0.1, -0.05) is 0 Å². The standard InChI is InChI=1S/C11H14ClN3O/c1-14-4-6-15(7-5-14)10-8-9(11(12)16)2-3-13-10/h2-3,8H,4-7H2,1H3. The topological polar surface area (TPSA) is 36.4 Å². The summed E-state index contributed by atoms with van der Waals surface area (Å²) in [4.78, 5) is 19.8. The molecule has 86 valence electrons. The van der Waals surface area contributed by atoms with Crippen molar-refractivity contribution in [1.82, 2.24) is 9.88 Å². The van der Waals surface area contributed by atoms with Gasteiger partial charge < -0.3 is 9.80 Å². The number of likely N-dealkylation sites (N-methyl/N-ethyl adjacent to an activating group) is 1. The number of halogens is 1. The molecule has 0 aromatic carbocycles. The lowest BCUT2D eigenvalue weighted by molar-refractivity contribution is 0.108. The summed E-state index contributed by atoms with van der Waals surface area (Å²) >= 11 is 5.44. The lowest BCUT2D eigenvalue weighted by Crippen LogP contribution is -2.44. The van der Waals surface area contributed by atoms with Crippen molar-refractivity contribution in [2.75, 3.05) is 38.1 Å². The maximum atomic E-state index is 11.0. The monoisotopic (exact) mass is 239 g/mol. The Morgan fingerprint density at radius 1 is 1.38 bits per heavy atom. The number of nitrogens with zero attached hydrogens (tertiary/aromatic N) is 3. The number of hydrogen-bond acceptors (Lipinski definition) is 4. The van der Waals surface area contributed by atoms with Crippen LogP contribution in [-0.4, -0.2) is 48.4 Å². The average molecular weight is 240 g/mol. The van der Waals surface area contributed by atoms with Gasteiger partial charge >= 0.3 is 0 Å². The van der Waals surface area contributed by atoms with Crippen LogP contribution in [-0.2, 0) is 0 Å². The number of piperazine rings is 1. The minimum atomic E-state index is -0.433. The number of hydrogen-bond donors (Lipinski definition) is 0. The highest BCUT2D eigenvalue weighted by molar-refractivity contribution is 6.67. The molecule has 0 N–H and O–H groups in total. The van der Waals surface area contributed by atoms with Gasteiger partial charge in [0.1, 0.15) is 5.82 Å². The van der Waals surface area contributed by atoms with Gasteiger partial charge in [-0.15, -0.1) is 0 Å². The largest absolute Gasteiger partial charge is 0.354 e. The van der Waals surface area contributed by atoms with Gasteiger partial charge in [0.2, 0.25) is 0 Å². The van der Waals surface area contributed by atoms with E-state index in [2.05, 4.69) is 21.8 Å². The molecule has 0 radical (unpaired) electrons. The molecule has 0 aliphatic carbocycles. The van der Waals surface area contributed by atoms with E-state index in [4.69, 9.17) is 11.6 Å². The molecule has 0 atom stereocenters. The highest BCUT2D eigenvalue weighted by Crippen LogP contribution is 2.15. The number of rotatable bonds is 2. The normalized spacial score (nSPS) is 17.5. The Bertz CT molecular complexity index is 389. The molecule has 16 heavy (non-hydrogen) atoms. The first kappa shape index (κ1) is 11.4. The van der Waals surface area contributed by atoms with E-state index < -0.39 is 5.24 Å². The molecular weight excluding hydrogens is 226 g/mol. The van der Waals surface area contributed by atoms with Gasteiger partial charge in [0.25, 0.3) is 5.24 Å². The zero-order valence-electron chi connectivity index (χ0n) is 9.19. The smallest absolute Gasteiger partial charge is 0.252 e. The molecule has 1 saturated heterocycles. The fraction of sp³-hybridized carbons (Fsp3) is 0.455. The van der Waals surface area contributed by atoms with Crippen molar-refractivity contribution in [3.63, 3.8) is 0 Å². The van der Waals surface area contributed by atoms with Crippen molar-refractivity contribution in [3.8, 4) is 0 Å². The molecule has 0 bridgehead atoms. The Morgan fingerprint density at radius 3 is 2.69 bits per heavy atom. The predicted octanol–water partition coefficient (Wildman–Crippen LogP) is 1.21. The summed E-state index contributed by atoms with van der Waals surface area (Å²) in [6.07, 6.45) is 1.63. The number of carbonyl (C=O) groups excluding carboxylic acids is 1. The van der Waals surface area contributed by atoms with Gasteiger partial charge in [-0.05, 0) is 30.8 Å². The van der Waals surface area contributed by atoms with Crippen LogP contribution < -0.4 is 4.90 Å². The first-order valence-corrected chi connectivity index (χ1v) is 5.64. The molecule has 5 heteroatoms. The van der Waals surface area contributed by atoms with Crippen LogP contribution in [0.5, 0.6) is 0 Å². The van der Waals surface area contributed by atoms with Crippen LogP contribution in [0.1, 0.15) is 10.4 Å². The van der Waals surface area contributed by atoms with Crippen LogP contribution in [0.3, 0.4) is 0 Å². The molecule has 1 fully saturated rings. The Balaban J connectivity index is 2.14. The summed E-state index contributed by atoms with van der Waals surface area (Å²) in [5, 5.41) is -0.433. The van der Waals surface area contributed by atoms with Gasteiger partial charge in [0, 0.05) is 37.9 Å². The number of pyridine rings is 1. The molecule has 1 aliphatic rings. The third-order valence-electron chi connectivity index (χ3n) is 2.80. The Morgan fingerprint density at radius 2 is 2.06 bits per heavy atom. The van der Waals surface area contributed by atoms with E-state index >= 15 is 0 Å². The zero-order valence-corrected chi connectivity index (χ0v) is 9.94. The molecule has 1 aliphatic heterocycles. The molecule has 0 unspecified atom stereocenters. The highest BCUT2D eigenvalue weighted by Gasteiger charge is 2.16. The van der Waals surface area contributed by atoms with Crippen molar-refractivity contribution in [3.05, 3.63) is 23.9 Å². The Kier molecular flexibility index (Phi) is 3.41. The molecule has 4 nitrogen and oxygen atoms in total. The van der Waals surface area contributed by atoms with Crippen molar-refractivity contribution in [2.24, 2.45) is 0 Å². The van der Waals surface area contributed by atoms with Crippen molar-refractivity contribution >= 4 is 22.7 Å². The molecule has 1 aromatic rings. The van der Waals surface area contributed by atoms with Crippen LogP contribution in [0.2, 0.25) is 0 Å². The van der Waals surface area contributed by atoms with E-state index in [1.807, 2.05) is 0 Å². The van der Waals surface area contributed by atoms with Crippen molar-refractivity contribution in [2.45, 2.75) is 0 Å². The quantitative estimate of drug-likeness (QED) is 0.727. The summed E-state index contributed by atoms with van der Waals surface area (Å²) in [6, 6.07) is 3.38. The predicted molar refractivity (Wildman–Crippen MR) is 64.1 cm³/mol. The molecule has 1 aromatic heterocycles. The van der Waals surface area contributed by atoms with Crippen molar-refractivity contribution in [1.29, 1.82) is 0 Å². The second-order valence-corrected chi connectivity index (χ2v) is 4.31. The summed E-state index contributed by atoms with van der Waals surface area (Å²) in [7, 11) is 2.10. The fourth-order valence-corrected chi connectivity index (χ4v) is 1.87. The summed E-state index contributed by atoms with van der Waals surface area (Å²) in [5.74, 6) is 0.833. The first-order chi connectivity index (χ1) is 7.66. The van der Waals surface area contributed by atoms with E-state index in [0.29, 0.717) is 5.56 Å². The van der Waals surface area contributed by atoms with Gasteiger partial charge in [-0.25, -0.2) is 4.98 Å². The van der Waals surface area contributed by atoms with Crippen LogP contribution in [0.25, 0.3) is 0 Å². The summed E-state index contributed by atoms with van der Waals surface area (Å²) in [5.41, 5.74) is 0.505. The van der Waals surface area contributed by atoms with E-state index in [1.165, 1.54) is 0 Å². The Hall–Kier alpha value is -1.13. The van der Waals surface area contributed by atoms with Gasteiger partial charge in [-0.3, -0.25) is 4.79 Å². The maximum Gasteiger partial charge on any atom is 0.252 e. The summed E-state index contributed by atoms with van der Waals surface area (Å²) < 4.78 is 0. The second kappa shape index (κ2) is 4.80. The van der Waals surface area contributed by atoms with Crippen LogP contribution in [0.4, 0.5) is 5.82 Å². The molecule has 2 heterocycles. The first-order valence-electron chi connectivity index (χ1n) is 5.26. The van der Waals surface area contributed by atoms with Crippen LogP contribution in [0.15, 0.2) is 18.3 Å². The molecule has 0 amide bonds. The lowest BCUT2D eigenvalue weighted by Gasteiger charge is -2.33.